The highest BCUT2D eigenvalue weighted by Crippen LogP contribution is 2.44. The van der Waals surface area contributed by atoms with E-state index >= 15 is 0 Å². The second kappa shape index (κ2) is 9.86. The molecule has 0 spiro atoms. The average molecular weight is 475 g/mol. The van der Waals surface area contributed by atoms with Gasteiger partial charge in [-0.3, -0.25) is 14.8 Å². The van der Waals surface area contributed by atoms with Crippen molar-refractivity contribution in [3.63, 3.8) is 0 Å². The van der Waals surface area contributed by atoms with Gasteiger partial charge >= 0.3 is 11.9 Å². The molecule has 0 fully saturated rings. The summed E-state index contributed by atoms with van der Waals surface area (Å²) in [4.78, 5) is 33.2. The zero-order valence-electron chi connectivity index (χ0n) is 20.7. The maximum Gasteiger partial charge on any atom is 0.345 e. The lowest BCUT2D eigenvalue weighted by atomic mass is 9.90. The highest BCUT2D eigenvalue weighted by atomic mass is 16.6. The van der Waals surface area contributed by atoms with Crippen LogP contribution in [0.5, 0.6) is 11.5 Å². The summed E-state index contributed by atoms with van der Waals surface area (Å²) in [5, 5.41) is 0. The molecule has 0 saturated carbocycles. The minimum Gasteiger partial charge on any atom is -0.482 e. The summed E-state index contributed by atoms with van der Waals surface area (Å²) in [5.74, 6) is 0.187. The average Bonchev–Trinajstić information content (AvgIpc) is 2.85. The van der Waals surface area contributed by atoms with E-state index in [1.165, 1.54) is 6.20 Å². The standard InChI is InChI=1S/C28H30N2O5/c1-17(33-26(31)21-8-6-12-29-15-21)14-28(5)11-10-23-20(4)24(18(2)19(3)25(23)35-28)34-27(32)22-9-7-13-30-16-22/h6-7,9-13,15-17,21H,8,14H2,1-5H3. The Morgan fingerprint density at radius 3 is 2.71 bits per heavy atom. The Kier molecular flexibility index (Phi) is 6.87. The van der Waals surface area contributed by atoms with Gasteiger partial charge in [0.05, 0.1) is 11.5 Å². The van der Waals surface area contributed by atoms with Crippen molar-refractivity contribution in [2.24, 2.45) is 10.9 Å². The van der Waals surface area contributed by atoms with Crippen LogP contribution in [0.3, 0.4) is 0 Å². The van der Waals surface area contributed by atoms with Crippen LogP contribution < -0.4 is 9.47 Å². The number of carbonyl (C=O) groups excluding carboxylic acids is 2. The molecular weight excluding hydrogens is 444 g/mol. The Balaban J connectivity index is 1.51. The topological polar surface area (TPSA) is 87.1 Å². The first-order valence-electron chi connectivity index (χ1n) is 11.7. The number of rotatable bonds is 6. The number of esters is 2. The summed E-state index contributed by atoms with van der Waals surface area (Å²) in [5.41, 5.74) is 3.15. The molecule has 2 aliphatic rings. The predicted molar refractivity (Wildman–Crippen MR) is 134 cm³/mol. The zero-order chi connectivity index (χ0) is 25.2. The smallest absolute Gasteiger partial charge is 0.345 e. The molecule has 3 heterocycles. The van der Waals surface area contributed by atoms with Crippen molar-refractivity contribution < 1.29 is 23.8 Å². The van der Waals surface area contributed by atoms with Crippen LogP contribution in [0.2, 0.25) is 0 Å². The van der Waals surface area contributed by atoms with Crippen molar-refractivity contribution in [1.82, 2.24) is 4.98 Å². The van der Waals surface area contributed by atoms with Crippen molar-refractivity contribution >= 4 is 24.2 Å². The number of carbonyl (C=O) groups is 2. The highest BCUT2D eigenvalue weighted by Gasteiger charge is 2.34. The maximum atomic E-state index is 12.7. The molecule has 7 heteroatoms. The third kappa shape index (κ3) is 5.19. The molecule has 2 aliphatic heterocycles. The van der Waals surface area contributed by atoms with E-state index in [9.17, 15) is 9.59 Å². The van der Waals surface area contributed by atoms with Gasteiger partial charge in [0.25, 0.3) is 0 Å². The quantitative estimate of drug-likeness (QED) is 0.416. The molecule has 3 unspecified atom stereocenters. The molecule has 1 aromatic carbocycles. The van der Waals surface area contributed by atoms with E-state index in [2.05, 4.69) is 9.98 Å². The van der Waals surface area contributed by atoms with Gasteiger partial charge in [0, 0.05) is 42.4 Å². The largest absolute Gasteiger partial charge is 0.482 e. The SMILES string of the molecule is Cc1c(C)c2c(c(C)c1OC(=O)c1cccnc1)C=CC(C)(CC(C)OC(=O)C1C=NC=CC1)O2. The highest BCUT2D eigenvalue weighted by molar-refractivity contribution is 5.92. The first-order valence-corrected chi connectivity index (χ1v) is 11.7. The number of benzene rings is 1. The predicted octanol–water partition coefficient (Wildman–Crippen LogP) is 5.32. The molecule has 0 aliphatic carbocycles. The summed E-state index contributed by atoms with van der Waals surface area (Å²) in [6.07, 6.45) is 13.0. The Bertz CT molecular complexity index is 1230. The maximum absolute atomic E-state index is 12.7. The van der Waals surface area contributed by atoms with E-state index in [1.807, 2.05) is 52.8 Å². The van der Waals surface area contributed by atoms with Crippen LogP contribution in [0, 0.1) is 26.7 Å². The van der Waals surface area contributed by atoms with Crippen molar-refractivity contribution in [2.45, 2.75) is 59.2 Å². The molecular formula is C28H30N2O5. The summed E-state index contributed by atoms with van der Waals surface area (Å²) in [7, 11) is 0. The van der Waals surface area contributed by atoms with Gasteiger partial charge in [-0.05, 0) is 70.4 Å². The minimum atomic E-state index is -0.662. The number of hydrogen-bond acceptors (Lipinski definition) is 7. The summed E-state index contributed by atoms with van der Waals surface area (Å²) in [6.45, 7) is 9.63. The minimum absolute atomic E-state index is 0.280. The summed E-state index contributed by atoms with van der Waals surface area (Å²) in [6, 6.07) is 3.37. The first kappa shape index (κ1) is 24.4. The van der Waals surface area contributed by atoms with Crippen LogP contribution >= 0.6 is 0 Å². The van der Waals surface area contributed by atoms with Crippen LogP contribution in [0.25, 0.3) is 6.08 Å². The van der Waals surface area contributed by atoms with Gasteiger partial charge in [0.15, 0.2) is 0 Å². The number of aromatic nitrogens is 1. The van der Waals surface area contributed by atoms with E-state index in [4.69, 9.17) is 14.2 Å². The van der Waals surface area contributed by atoms with E-state index in [0.717, 1.165) is 28.0 Å². The fraction of sp³-hybridized carbons (Fsp3) is 0.357. The van der Waals surface area contributed by atoms with Crippen LogP contribution in [-0.2, 0) is 9.53 Å². The number of fused-ring (bicyclic) bond motifs is 1. The molecule has 0 saturated heterocycles. The van der Waals surface area contributed by atoms with Crippen LogP contribution in [0.4, 0.5) is 0 Å². The number of ether oxygens (including phenoxy) is 3. The number of allylic oxidation sites excluding steroid dienone is 1. The van der Waals surface area contributed by atoms with Gasteiger partial charge in [-0.1, -0.05) is 12.2 Å². The lowest BCUT2D eigenvalue weighted by Crippen LogP contribution is -2.38. The fourth-order valence-electron chi connectivity index (χ4n) is 4.41. The molecule has 0 N–H and O–H groups in total. The monoisotopic (exact) mass is 474 g/mol. The van der Waals surface area contributed by atoms with E-state index < -0.39 is 11.6 Å². The van der Waals surface area contributed by atoms with Gasteiger partial charge < -0.3 is 14.2 Å². The molecule has 182 valence electrons. The van der Waals surface area contributed by atoms with Crippen molar-refractivity contribution in [1.29, 1.82) is 0 Å². The van der Waals surface area contributed by atoms with Crippen LogP contribution in [0.1, 0.15) is 59.3 Å². The van der Waals surface area contributed by atoms with Crippen LogP contribution in [-0.4, -0.2) is 34.8 Å². The molecule has 7 nitrogen and oxygen atoms in total. The third-order valence-corrected chi connectivity index (χ3v) is 6.42. The Hall–Kier alpha value is -3.74. The van der Waals surface area contributed by atoms with Gasteiger partial charge in [-0.25, -0.2) is 4.79 Å². The van der Waals surface area contributed by atoms with Crippen molar-refractivity contribution in [2.75, 3.05) is 0 Å². The van der Waals surface area contributed by atoms with Gasteiger partial charge in [-0.2, -0.15) is 0 Å². The molecule has 0 radical (unpaired) electrons. The molecule has 3 atom stereocenters. The van der Waals surface area contributed by atoms with Gasteiger partial charge in [0.2, 0.25) is 0 Å². The second-order valence-electron chi connectivity index (χ2n) is 9.30. The van der Waals surface area contributed by atoms with E-state index in [0.29, 0.717) is 24.2 Å². The van der Waals surface area contributed by atoms with Gasteiger partial charge in [0.1, 0.15) is 23.2 Å². The number of nitrogens with zero attached hydrogens (tertiary/aromatic N) is 2. The van der Waals surface area contributed by atoms with Gasteiger partial charge in [-0.15, -0.1) is 0 Å². The number of aliphatic imine (C=N–C) groups is 1. The van der Waals surface area contributed by atoms with E-state index in [-0.39, 0.29) is 18.0 Å². The van der Waals surface area contributed by atoms with Crippen molar-refractivity contribution in [3.8, 4) is 11.5 Å². The Morgan fingerprint density at radius 1 is 1.23 bits per heavy atom. The molecule has 1 aromatic heterocycles. The molecule has 35 heavy (non-hydrogen) atoms. The second-order valence-corrected chi connectivity index (χ2v) is 9.30. The van der Waals surface area contributed by atoms with Crippen LogP contribution in [0.15, 0.2) is 47.9 Å². The lowest BCUT2D eigenvalue weighted by molar-refractivity contribution is -0.152. The summed E-state index contributed by atoms with van der Waals surface area (Å²) < 4.78 is 18.0. The summed E-state index contributed by atoms with van der Waals surface area (Å²) >= 11 is 0. The first-order chi connectivity index (χ1) is 16.7. The third-order valence-electron chi connectivity index (χ3n) is 6.42. The Morgan fingerprint density at radius 2 is 2.03 bits per heavy atom. The van der Waals surface area contributed by atoms with Crippen molar-refractivity contribution in [3.05, 3.63) is 70.7 Å². The normalized spacial score (nSPS) is 21.1. The lowest BCUT2D eigenvalue weighted by Gasteiger charge is -2.35. The molecule has 2 aromatic rings. The number of pyridine rings is 1. The molecule has 0 amide bonds. The van der Waals surface area contributed by atoms with E-state index in [1.54, 1.807) is 30.7 Å². The zero-order valence-corrected chi connectivity index (χ0v) is 20.7. The fourth-order valence-corrected chi connectivity index (χ4v) is 4.41. The Labute approximate surface area is 205 Å². The molecule has 4 rings (SSSR count). The number of hydrogen-bond donors (Lipinski definition) is 0. The molecule has 0 bridgehead atoms.